The summed E-state index contributed by atoms with van der Waals surface area (Å²) in [5.74, 6) is 1.24. The third kappa shape index (κ3) is 5.70. The third-order valence-electron chi connectivity index (χ3n) is 2.47. The van der Waals surface area contributed by atoms with Crippen LogP contribution in [0.5, 0.6) is 0 Å². The fourth-order valence-corrected chi connectivity index (χ4v) is 2.78. The summed E-state index contributed by atoms with van der Waals surface area (Å²) in [5.41, 5.74) is 0.297. The maximum Gasteiger partial charge on any atom is 0.224 e. The van der Waals surface area contributed by atoms with Gasteiger partial charge in [-0.25, -0.2) is 18.1 Å². The first kappa shape index (κ1) is 16.6. The van der Waals surface area contributed by atoms with Crippen LogP contribution in [0.1, 0.15) is 26.3 Å². The van der Waals surface area contributed by atoms with Crippen molar-refractivity contribution in [1.29, 1.82) is 0 Å². The molecule has 0 aliphatic heterocycles. The van der Waals surface area contributed by atoms with Crippen LogP contribution in [0.3, 0.4) is 0 Å². The summed E-state index contributed by atoms with van der Waals surface area (Å²) in [6, 6.07) is 0. The molecule has 0 aliphatic carbocycles. The lowest BCUT2D eigenvalue weighted by Crippen LogP contribution is -2.47. The summed E-state index contributed by atoms with van der Waals surface area (Å²) in [5, 5.41) is 6.19. The van der Waals surface area contributed by atoms with Gasteiger partial charge in [0.15, 0.2) is 0 Å². The Balaban J connectivity index is 2.76. The minimum atomic E-state index is -3.25. The Kier molecular flexibility index (Phi) is 5.29. The Labute approximate surface area is 120 Å². The smallest absolute Gasteiger partial charge is 0.224 e. The van der Waals surface area contributed by atoms with Gasteiger partial charge in [-0.3, -0.25) is 0 Å². The highest BCUT2D eigenvalue weighted by molar-refractivity contribution is 7.88. The van der Waals surface area contributed by atoms with E-state index in [4.69, 9.17) is 0 Å². The van der Waals surface area contributed by atoms with E-state index in [1.54, 1.807) is 6.20 Å². The minimum Gasteiger partial charge on any atom is -0.368 e. The average Bonchev–Trinajstić information content (AvgIpc) is 2.27. The van der Waals surface area contributed by atoms with Crippen LogP contribution in [-0.2, 0) is 10.0 Å². The molecule has 3 N–H and O–H groups in total. The molecule has 1 rings (SSSR count). The largest absolute Gasteiger partial charge is 0.368 e. The average molecular weight is 301 g/mol. The van der Waals surface area contributed by atoms with Crippen LogP contribution in [0.15, 0.2) is 6.20 Å². The van der Waals surface area contributed by atoms with Gasteiger partial charge in [-0.05, 0) is 27.7 Å². The van der Waals surface area contributed by atoms with E-state index in [1.165, 1.54) is 0 Å². The van der Waals surface area contributed by atoms with E-state index in [0.717, 1.165) is 18.4 Å². The van der Waals surface area contributed by atoms with Gasteiger partial charge in [0.1, 0.15) is 5.82 Å². The molecular weight excluding hydrogens is 278 g/mol. The maximum absolute atomic E-state index is 11.3. The maximum atomic E-state index is 11.3. The molecule has 1 aromatic heterocycles. The molecule has 0 bridgehead atoms. The number of nitrogens with zero attached hydrogens (tertiary/aromatic N) is 2. The Morgan fingerprint density at radius 2 is 1.95 bits per heavy atom. The van der Waals surface area contributed by atoms with Gasteiger partial charge in [-0.15, -0.1) is 0 Å². The van der Waals surface area contributed by atoms with Crippen molar-refractivity contribution in [2.24, 2.45) is 0 Å². The Hall–Kier alpha value is -1.41. The first-order chi connectivity index (χ1) is 9.13. The Morgan fingerprint density at radius 3 is 2.50 bits per heavy atom. The molecule has 0 fully saturated rings. The molecule has 0 atom stereocenters. The zero-order valence-corrected chi connectivity index (χ0v) is 13.4. The van der Waals surface area contributed by atoms with Crippen LogP contribution in [0.25, 0.3) is 0 Å². The molecule has 0 radical (unpaired) electrons. The van der Waals surface area contributed by atoms with Crippen molar-refractivity contribution in [2.45, 2.75) is 33.2 Å². The summed E-state index contributed by atoms with van der Waals surface area (Å²) in [6.07, 6.45) is 2.87. The lowest BCUT2D eigenvalue weighted by molar-refractivity contribution is 0.476. The predicted octanol–water partition coefficient (Wildman–Crippen LogP) is 0.957. The molecule has 0 aromatic carbocycles. The molecule has 20 heavy (non-hydrogen) atoms. The predicted molar refractivity (Wildman–Crippen MR) is 81.5 cm³/mol. The first-order valence-electron chi connectivity index (χ1n) is 6.43. The summed E-state index contributed by atoms with van der Waals surface area (Å²) >= 11 is 0. The van der Waals surface area contributed by atoms with Gasteiger partial charge >= 0.3 is 0 Å². The lowest BCUT2D eigenvalue weighted by atomic mass is 10.1. The van der Waals surface area contributed by atoms with Crippen LogP contribution in [0, 0.1) is 6.92 Å². The molecule has 0 amide bonds. The SMILES string of the molecule is CCNc1ncc(C)c(NCC(C)(C)NS(C)(=O)=O)n1. The number of nitrogens with one attached hydrogen (secondary N) is 3. The van der Waals surface area contributed by atoms with Crippen LogP contribution in [-0.4, -0.2) is 43.3 Å². The standard InChI is InChI=1S/C12H23N5O2S/c1-6-13-11-14-7-9(2)10(16-11)15-8-12(3,4)17-20(5,18)19/h7,17H,6,8H2,1-5H3,(H2,13,14,15,16). The van der Waals surface area contributed by atoms with Crippen LogP contribution in [0.4, 0.5) is 11.8 Å². The minimum absolute atomic E-state index is 0.420. The van der Waals surface area contributed by atoms with E-state index in [9.17, 15) is 8.42 Å². The van der Waals surface area contributed by atoms with Gasteiger partial charge in [0.25, 0.3) is 0 Å². The number of sulfonamides is 1. The second-order valence-electron chi connectivity index (χ2n) is 5.37. The fraction of sp³-hybridized carbons (Fsp3) is 0.667. The number of aryl methyl sites for hydroxylation is 1. The van der Waals surface area contributed by atoms with Crippen molar-refractivity contribution in [1.82, 2.24) is 14.7 Å². The molecule has 0 saturated heterocycles. The monoisotopic (exact) mass is 301 g/mol. The summed E-state index contributed by atoms with van der Waals surface area (Å²) in [4.78, 5) is 8.51. The molecule has 0 saturated carbocycles. The normalized spacial score (nSPS) is 12.2. The van der Waals surface area contributed by atoms with E-state index in [1.807, 2.05) is 27.7 Å². The Bertz CT molecular complexity index is 557. The number of hydrogen-bond acceptors (Lipinski definition) is 6. The van der Waals surface area contributed by atoms with Gasteiger partial charge in [0.2, 0.25) is 16.0 Å². The lowest BCUT2D eigenvalue weighted by Gasteiger charge is -2.26. The fourth-order valence-electron chi connectivity index (χ4n) is 1.71. The topological polar surface area (TPSA) is 96.0 Å². The van der Waals surface area contributed by atoms with E-state index in [2.05, 4.69) is 25.3 Å². The van der Waals surface area contributed by atoms with E-state index in [0.29, 0.717) is 18.3 Å². The number of hydrogen-bond donors (Lipinski definition) is 3. The molecule has 0 spiro atoms. The third-order valence-corrected chi connectivity index (χ3v) is 3.39. The van der Waals surface area contributed by atoms with Crippen molar-refractivity contribution in [2.75, 3.05) is 30.0 Å². The van der Waals surface area contributed by atoms with Crippen LogP contribution >= 0.6 is 0 Å². The number of rotatable bonds is 7. The van der Waals surface area contributed by atoms with E-state index >= 15 is 0 Å². The second-order valence-corrected chi connectivity index (χ2v) is 7.12. The van der Waals surface area contributed by atoms with Gasteiger partial charge in [0, 0.05) is 30.4 Å². The molecule has 0 unspecified atom stereocenters. The summed E-state index contributed by atoms with van der Waals surface area (Å²) in [6.45, 7) is 8.64. The summed E-state index contributed by atoms with van der Waals surface area (Å²) < 4.78 is 25.2. The van der Waals surface area contributed by atoms with Gasteiger partial charge in [-0.2, -0.15) is 4.98 Å². The number of anilines is 2. The zero-order valence-electron chi connectivity index (χ0n) is 12.6. The highest BCUT2D eigenvalue weighted by Crippen LogP contribution is 2.14. The number of aromatic nitrogens is 2. The molecule has 1 heterocycles. The Morgan fingerprint density at radius 1 is 1.30 bits per heavy atom. The molecule has 7 nitrogen and oxygen atoms in total. The molecule has 0 aliphatic rings. The second kappa shape index (κ2) is 6.36. The van der Waals surface area contributed by atoms with Crippen LogP contribution in [0.2, 0.25) is 0 Å². The summed E-state index contributed by atoms with van der Waals surface area (Å²) in [7, 11) is -3.25. The van der Waals surface area contributed by atoms with Gasteiger partial charge < -0.3 is 10.6 Å². The molecule has 1 aromatic rings. The zero-order chi connectivity index (χ0) is 15.4. The van der Waals surface area contributed by atoms with E-state index in [-0.39, 0.29) is 0 Å². The highest BCUT2D eigenvalue weighted by atomic mass is 32.2. The van der Waals surface area contributed by atoms with Crippen molar-refractivity contribution in [3.05, 3.63) is 11.8 Å². The first-order valence-corrected chi connectivity index (χ1v) is 8.32. The molecule has 114 valence electrons. The van der Waals surface area contributed by atoms with Crippen molar-refractivity contribution in [3.63, 3.8) is 0 Å². The van der Waals surface area contributed by atoms with Crippen molar-refractivity contribution >= 4 is 21.8 Å². The van der Waals surface area contributed by atoms with Crippen LogP contribution < -0.4 is 15.4 Å². The van der Waals surface area contributed by atoms with Gasteiger partial charge in [-0.1, -0.05) is 0 Å². The van der Waals surface area contributed by atoms with Crippen molar-refractivity contribution in [3.8, 4) is 0 Å². The molecular formula is C12H23N5O2S. The molecule has 8 heteroatoms. The van der Waals surface area contributed by atoms with Crippen molar-refractivity contribution < 1.29 is 8.42 Å². The van der Waals surface area contributed by atoms with E-state index < -0.39 is 15.6 Å². The highest BCUT2D eigenvalue weighted by Gasteiger charge is 2.22. The van der Waals surface area contributed by atoms with Gasteiger partial charge in [0.05, 0.1) is 6.26 Å². The quantitative estimate of drug-likeness (QED) is 0.694.